The van der Waals surface area contributed by atoms with Crippen LogP contribution in [0.1, 0.15) is 21.5 Å². The number of amides is 1. The van der Waals surface area contributed by atoms with Gasteiger partial charge in [0.25, 0.3) is 5.91 Å². The highest BCUT2D eigenvalue weighted by Gasteiger charge is 2.22. The van der Waals surface area contributed by atoms with E-state index in [0.29, 0.717) is 18.7 Å². The highest BCUT2D eigenvalue weighted by atomic mass is 19.1. The highest BCUT2D eigenvalue weighted by molar-refractivity contribution is 6.06. The van der Waals surface area contributed by atoms with Crippen molar-refractivity contribution in [2.24, 2.45) is 0 Å². The van der Waals surface area contributed by atoms with Crippen LogP contribution in [0.25, 0.3) is 0 Å². The topological polar surface area (TPSA) is 32.3 Å². The summed E-state index contributed by atoms with van der Waals surface area (Å²) in [4.78, 5) is 14.5. The van der Waals surface area contributed by atoms with Crippen LogP contribution in [0.5, 0.6) is 0 Å². The third-order valence-electron chi connectivity index (χ3n) is 3.64. The summed E-state index contributed by atoms with van der Waals surface area (Å²) in [5, 5.41) is 3.29. The Morgan fingerprint density at radius 2 is 2.05 bits per heavy atom. The first-order chi connectivity index (χ1) is 10.1. The molecule has 0 aliphatic carbocycles. The van der Waals surface area contributed by atoms with Crippen LogP contribution in [0.4, 0.5) is 10.1 Å². The van der Waals surface area contributed by atoms with Crippen molar-refractivity contribution >= 4 is 11.6 Å². The molecule has 0 saturated carbocycles. The summed E-state index contributed by atoms with van der Waals surface area (Å²) in [7, 11) is 0. The van der Waals surface area contributed by atoms with Crippen molar-refractivity contribution < 1.29 is 9.18 Å². The monoisotopic (exact) mass is 284 g/mol. The Morgan fingerprint density at radius 3 is 2.86 bits per heavy atom. The van der Waals surface area contributed by atoms with Crippen LogP contribution in [0.3, 0.4) is 0 Å². The maximum Gasteiger partial charge on any atom is 0.258 e. The average molecular weight is 284 g/mol. The van der Waals surface area contributed by atoms with E-state index in [0.717, 1.165) is 23.4 Å². The zero-order valence-corrected chi connectivity index (χ0v) is 11.9. The minimum absolute atomic E-state index is 0.159. The number of anilines is 1. The van der Waals surface area contributed by atoms with Crippen molar-refractivity contribution in [2.45, 2.75) is 13.5 Å². The van der Waals surface area contributed by atoms with Crippen molar-refractivity contribution in [1.82, 2.24) is 5.32 Å². The number of rotatable bonds is 1. The third kappa shape index (κ3) is 2.81. The van der Waals surface area contributed by atoms with Gasteiger partial charge in [0.05, 0.1) is 0 Å². The summed E-state index contributed by atoms with van der Waals surface area (Å²) in [6, 6.07) is 12.3. The van der Waals surface area contributed by atoms with Gasteiger partial charge in [0.2, 0.25) is 0 Å². The summed E-state index contributed by atoms with van der Waals surface area (Å²) in [6.45, 7) is 3.82. The molecule has 1 amide bonds. The lowest BCUT2D eigenvalue weighted by Crippen LogP contribution is -2.34. The Balaban J connectivity index is 2.01. The minimum Gasteiger partial charge on any atom is -0.311 e. The first-order valence-electron chi connectivity index (χ1n) is 7.03. The molecule has 1 heterocycles. The van der Waals surface area contributed by atoms with Gasteiger partial charge in [-0.1, -0.05) is 18.2 Å². The SMILES string of the molecule is Cc1cc(F)cc(C(=O)N2CCNCc3ccccc32)c1. The molecule has 0 bridgehead atoms. The number of benzene rings is 2. The molecule has 0 unspecified atom stereocenters. The van der Waals surface area contributed by atoms with Gasteiger partial charge in [-0.3, -0.25) is 4.79 Å². The van der Waals surface area contributed by atoms with Crippen LogP contribution in [0, 0.1) is 12.7 Å². The van der Waals surface area contributed by atoms with Gasteiger partial charge in [0.15, 0.2) is 0 Å². The number of carbonyl (C=O) groups is 1. The molecule has 4 heteroatoms. The molecule has 21 heavy (non-hydrogen) atoms. The average Bonchev–Trinajstić information content (AvgIpc) is 2.68. The lowest BCUT2D eigenvalue weighted by atomic mass is 10.1. The van der Waals surface area contributed by atoms with Crippen molar-refractivity contribution in [1.29, 1.82) is 0 Å². The van der Waals surface area contributed by atoms with Gasteiger partial charge in [-0.25, -0.2) is 4.39 Å². The van der Waals surface area contributed by atoms with Crippen LogP contribution in [0.15, 0.2) is 42.5 Å². The lowest BCUT2D eigenvalue weighted by molar-refractivity contribution is 0.0987. The maximum absolute atomic E-state index is 13.5. The summed E-state index contributed by atoms with van der Waals surface area (Å²) in [6.07, 6.45) is 0. The molecule has 3 nitrogen and oxygen atoms in total. The number of halogens is 1. The second kappa shape index (κ2) is 5.66. The summed E-state index contributed by atoms with van der Waals surface area (Å²) < 4.78 is 13.5. The normalized spacial score (nSPS) is 14.5. The van der Waals surface area contributed by atoms with Crippen molar-refractivity contribution in [3.8, 4) is 0 Å². The van der Waals surface area contributed by atoms with Crippen molar-refractivity contribution in [3.63, 3.8) is 0 Å². The van der Waals surface area contributed by atoms with E-state index >= 15 is 0 Å². The highest BCUT2D eigenvalue weighted by Crippen LogP contribution is 2.24. The summed E-state index contributed by atoms with van der Waals surface area (Å²) in [5.41, 5.74) is 3.12. The molecule has 2 aromatic carbocycles. The standard InChI is InChI=1S/C17H17FN2O/c1-12-8-14(10-15(18)9-12)17(21)20-7-6-19-11-13-4-2-3-5-16(13)20/h2-5,8-10,19H,6-7,11H2,1H3. The fourth-order valence-corrected chi connectivity index (χ4v) is 2.68. The van der Waals surface area contributed by atoms with Gasteiger partial charge in [-0.15, -0.1) is 0 Å². The van der Waals surface area contributed by atoms with Crippen LogP contribution < -0.4 is 10.2 Å². The van der Waals surface area contributed by atoms with E-state index in [2.05, 4.69) is 5.32 Å². The summed E-state index contributed by atoms with van der Waals surface area (Å²) >= 11 is 0. The molecular weight excluding hydrogens is 267 g/mol. The second-order valence-electron chi connectivity index (χ2n) is 5.28. The van der Waals surface area contributed by atoms with Crippen LogP contribution in [-0.4, -0.2) is 19.0 Å². The molecule has 1 aliphatic heterocycles. The molecule has 1 N–H and O–H groups in total. The largest absolute Gasteiger partial charge is 0.311 e. The molecule has 0 radical (unpaired) electrons. The second-order valence-corrected chi connectivity index (χ2v) is 5.28. The number of para-hydroxylation sites is 1. The van der Waals surface area contributed by atoms with Gasteiger partial charge in [-0.05, 0) is 42.3 Å². The van der Waals surface area contributed by atoms with Crippen molar-refractivity contribution in [3.05, 3.63) is 65.0 Å². The predicted molar refractivity (Wildman–Crippen MR) is 81.0 cm³/mol. The fraction of sp³-hybridized carbons (Fsp3) is 0.235. The Labute approximate surface area is 123 Å². The van der Waals surface area contributed by atoms with E-state index in [1.807, 2.05) is 24.3 Å². The van der Waals surface area contributed by atoms with E-state index in [1.54, 1.807) is 17.9 Å². The number of carbonyl (C=O) groups excluding carboxylic acids is 1. The van der Waals surface area contributed by atoms with Gasteiger partial charge in [-0.2, -0.15) is 0 Å². The molecular formula is C17H17FN2O. The number of nitrogens with one attached hydrogen (secondary N) is 1. The van der Waals surface area contributed by atoms with E-state index in [1.165, 1.54) is 12.1 Å². The zero-order chi connectivity index (χ0) is 14.8. The Bertz CT molecular complexity index is 664. The number of nitrogens with zero attached hydrogens (tertiary/aromatic N) is 1. The number of hydrogen-bond donors (Lipinski definition) is 1. The minimum atomic E-state index is -0.375. The van der Waals surface area contributed by atoms with Crippen LogP contribution in [0.2, 0.25) is 0 Å². The van der Waals surface area contributed by atoms with Crippen LogP contribution in [-0.2, 0) is 6.54 Å². The third-order valence-corrected chi connectivity index (χ3v) is 3.64. The molecule has 0 fully saturated rings. The van der Waals surface area contributed by atoms with Crippen molar-refractivity contribution in [2.75, 3.05) is 18.0 Å². The Kier molecular flexibility index (Phi) is 3.71. The molecule has 0 spiro atoms. The fourth-order valence-electron chi connectivity index (χ4n) is 2.68. The molecule has 2 aromatic rings. The molecule has 0 aromatic heterocycles. The molecule has 108 valence electrons. The Hall–Kier alpha value is -2.20. The summed E-state index contributed by atoms with van der Waals surface area (Å²) in [5.74, 6) is -0.534. The van der Waals surface area contributed by atoms with E-state index < -0.39 is 0 Å². The lowest BCUT2D eigenvalue weighted by Gasteiger charge is -2.22. The Morgan fingerprint density at radius 1 is 1.24 bits per heavy atom. The molecule has 1 aliphatic rings. The van der Waals surface area contributed by atoms with E-state index in [4.69, 9.17) is 0 Å². The number of hydrogen-bond acceptors (Lipinski definition) is 2. The molecule has 3 rings (SSSR count). The first-order valence-corrected chi connectivity index (χ1v) is 7.03. The smallest absolute Gasteiger partial charge is 0.258 e. The maximum atomic E-state index is 13.5. The van der Waals surface area contributed by atoms with Gasteiger partial charge in [0, 0.05) is 30.9 Å². The van der Waals surface area contributed by atoms with Crippen LogP contribution >= 0.6 is 0 Å². The predicted octanol–water partition coefficient (Wildman–Crippen LogP) is 2.88. The molecule has 0 saturated heterocycles. The van der Waals surface area contributed by atoms with E-state index in [-0.39, 0.29) is 11.7 Å². The number of fused-ring (bicyclic) bond motifs is 1. The molecule has 0 atom stereocenters. The van der Waals surface area contributed by atoms with Gasteiger partial charge >= 0.3 is 0 Å². The first kappa shape index (κ1) is 13.8. The van der Waals surface area contributed by atoms with E-state index in [9.17, 15) is 9.18 Å². The van der Waals surface area contributed by atoms with Gasteiger partial charge in [0.1, 0.15) is 5.82 Å². The zero-order valence-electron chi connectivity index (χ0n) is 11.9. The van der Waals surface area contributed by atoms with Gasteiger partial charge < -0.3 is 10.2 Å². The number of aryl methyl sites for hydroxylation is 1. The quantitative estimate of drug-likeness (QED) is 0.873.